The van der Waals surface area contributed by atoms with Gasteiger partial charge in [0.05, 0.1) is 45.0 Å². The first-order valence-electron chi connectivity index (χ1n) is 19.2. The Kier molecular flexibility index (Phi) is 19.2. The maximum atomic E-state index is 12.1. The third-order valence-electron chi connectivity index (χ3n) is 9.44. The second-order valence-electron chi connectivity index (χ2n) is 14.7. The van der Waals surface area contributed by atoms with Crippen LogP contribution in [0.15, 0.2) is 97.3 Å². The first kappa shape index (κ1) is 52.1. The average molecular weight is 1020 g/mol. The van der Waals surface area contributed by atoms with Gasteiger partial charge in [0.1, 0.15) is 23.7 Å². The summed E-state index contributed by atoms with van der Waals surface area (Å²) in [7, 11) is 0. The van der Waals surface area contributed by atoms with Crippen molar-refractivity contribution in [2.45, 2.75) is 51.4 Å². The van der Waals surface area contributed by atoms with Gasteiger partial charge in [-0.25, -0.2) is 0 Å². The van der Waals surface area contributed by atoms with Crippen LogP contribution in [0, 0.1) is 7.43 Å². The molecule has 3 N–H and O–H groups in total. The molecule has 0 bridgehead atoms. The number of carbonyl (C=O) groups is 3. The maximum Gasteiger partial charge on any atom is 2.00 e. The van der Waals surface area contributed by atoms with Crippen LogP contribution in [0.4, 0.5) is 0 Å². The van der Waals surface area contributed by atoms with Crippen LogP contribution in [0.1, 0.15) is 57.8 Å². The van der Waals surface area contributed by atoms with Gasteiger partial charge < -0.3 is 49.6 Å². The molecule has 0 aliphatic carbocycles. The summed E-state index contributed by atoms with van der Waals surface area (Å²) in [4.78, 5) is 39.3. The number of benzene rings is 2. The Morgan fingerprint density at radius 1 is 0.766 bits per heavy atom. The van der Waals surface area contributed by atoms with E-state index in [0.717, 1.165) is 36.9 Å². The summed E-state index contributed by atoms with van der Waals surface area (Å²) in [6.07, 6.45) is 10.1. The van der Waals surface area contributed by atoms with Gasteiger partial charge in [0.25, 0.3) is 0 Å². The summed E-state index contributed by atoms with van der Waals surface area (Å²) in [5, 5.41) is 32.3. The van der Waals surface area contributed by atoms with Gasteiger partial charge in [0, 0.05) is 63.1 Å². The van der Waals surface area contributed by atoms with Crippen molar-refractivity contribution in [1.29, 1.82) is 0 Å². The quantitative estimate of drug-likeness (QED) is 0.0619. The monoisotopic (exact) mass is 1010 g/mol. The third kappa shape index (κ3) is 13.7. The van der Waals surface area contributed by atoms with Gasteiger partial charge >= 0.3 is 23.1 Å². The molecule has 2 aromatic carbocycles. The van der Waals surface area contributed by atoms with Crippen molar-refractivity contribution in [3.63, 3.8) is 0 Å². The van der Waals surface area contributed by atoms with Gasteiger partial charge in [-0.3, -0.25) is 14.4 Å². The number of aliphatic hydroxyl groups is 1. The van der Waals surface area contributed by atoms with Crippen LogP contribution in [0.2, 0.25) is 10.0 Å². The molecule has 6 heterocycles. The van der Waals surface area contributed by atoms with Gasteiger partial charge in [0.2, 0.25) is 11.8 Å². The van der Waals surface area contributed by atoms with Gasteiger partial charge in [-0.2, -0.15) is 20.4 Å². The Morgan fingerprint density at radius 2 is 1.23 bits per heavy atom. The zero-order chi connectivity index (χ0) is 43.1. The van der Waals surface area contributed by atoms with Crippen molar-refractivity contribution in [1.82, 2.24) is 31.0 Å². The van der Waals surface area contributed by atoms with E-state index in [1.54, 1.807) is 80.9 Å². The third-order valence-corrected chi connectivity index (χ3v) is 12.7. The van der Waals surface area contributed by atoms with E-state index < -0.39 is 5.60 Å². The predicted octanol–water partition coefficient (Wildman–Crippen LogP) is 5.49. The molecule has 0 radical (unpaired) electrons. The molecule has 4 aromatic heterocycles. The number of ketones is 1. The van der Waals surface area contributed by atoms with Crippen molar-refractivity contribution >= 4 is 98.7 Å². The Balaban J connectivity index is 0.000000268. The predicted molar refractivity (Wildman–Crippen MR) is 251 cm³/mol. The fourth-order valence-electron chi connectivity index (χ4n) is 6.46. The molecule has 8 rings (SSSR count). The molecule has 328 valence electrons. The summed E-state index contributed by atoms with van der Waals surface area (Å²) in [5.74, 6) is 0.903. The van der Waals surface area contributed by atoms with Crippen LogP contribution < -0.4 is 37.1 Å². The molecule has 0 saturated heterocycles. The zero-order valence-electron chi connectivity index (χ0n) is 35.3. The Hall–Kier alpha value is -4.52. The van der Waals surface area contributed by atoms with Crippen molar-refractivity contribution in [3.8, 4) is 32.4 Å². The smallest absolute Gasteiger partial charge is 1.00 e. The van der Waals surface area contributed by atoms with Crippen molar-refractivity contribution in [3.05, 3.63) is 147 Å². The van der Waals surface area contributed by atoms with Crippen molar-refractivity contribution in [2.75, 3.05) is 13.1 Å². The van der Waals surface area contributed by atoms with Crippen LogP contribution in [-0.2, 0) is 28.0 Å². The fraction of sp³-hybridized carbons (Fsp3) is 0.217. The number of nitrogens with one attached hydrogen (secondary N) is 2. The summed E-state index contributed by atoms with van der Waals surface area (Å²) in [6, 6.07) is 22.6. The first-order valence-corrected chi connectivity index (χ1v) is 21.6. The number of hydrogen-bond donors (Lipinski definition) is 3. The van der Waals surface area contributed by atoms with E-state index in [4.69, 9.17) is 32.7 Å². The number of rotatable bonds is 12. The van der Waals surface area contributed by atoms with Crippen molar-refractivity contribution < 1.29 is 45.9 Å². The SMILES string of the molecule is CC(=O)c1ccc(-c2cc(Cl)c3c(c2)CC(CNC(=O)/C=C/c2cccnn2)O3)s1.CC(C)(O)c1ccc(-c2cc(Cl)c3c(c2)CC(CNC(=O)/C=C/c2cccnn2)O3)s1.[Br-].[CH3-].[Mg+2]. The number of Topliss-reactive ketones (excluding diaryl/α,β-unsaturated/α-hetero) is 1. The van der Waals surface area contributed by atoms with E-state index >= 15 is 0 Å². The first-order chi connectivity index (χ1) is 29.3. The number of carbonyl (C=O) groups excluding carboxylic acids is 3. The second-order valence-corrected chi connectivity index (χ2v) is 17.7. The summed E-state index contributed by atoms with van der Waals surface area (Å²) in [6.45, 7) is 5.82. The number of nitrogens with zero attached hydrogens (tertiary/aromatic N) is 4. The normalized spacial score (nSPS) is 14.7. The number of aromatic nitrogens is 4. The van der Waals surface area contributed by atoms with E-state index in [1.807, 2.05) is 42.5 Å². The van der Waals surface area contributed by atoms with Crippen molar-refractivity contribution in [2.24, 2.45) is 0 Å². The molecule has 6 aromatic rings. The molecule has 12 nitrogen and oxygen atoms in total. The number of thiophene rings is 2. The molecule has 2 atom stereocenters. The average Bonchev–Trinajstić information content (AvgIpc) is 4.08. The number of halogens is 3. The van der Waals surface area contributed by atoms with E-state index in [0.29, 0.717) is 63.7 Å². The number of fused-ring (bicyclic) bond motifs is 2. The van der Waals surface area contributed by atoms with Crippen LogP contribution in [0.5, 0.6) is 11.5 Å². The maximum absolute atomic E-state index is 12.1. The molecule has 2 aliphatic rings. The number of amides is 2. The molecule has 0 saturated carbocycles. The van der Waals surface area contributed by atoms with Crippen LogP contribution >= 0.6 is 45.9 Å². The summed E-state index contributed by atoms with van der Waals surface area (Å²) < 4.78 is 11.9. The van der Waals surface area contributed by atoms with Gasteiger partial charge in [-0.1, -0.05) is 23.2 Å². The summed E-state index contributed by atoms with van der Waals surface area (Å²) >= 11 is 15.9. The van der Waals surface area contributed by atoms with Gasteiger partial charge in [0.15, 0.2) is 5.78 Å². The molecular weight excluding hydrogens is 972 g/mol. The number of hydrogen-bond acceptors (Lipinski definition) is 12. The zero-order valence-corrected chi connectivity index (χ0v) is 41.5. The molecule has 2 amide bonds. The molecule has 64 heavy (non-hydrogen) atoms. The summed E-state index contributed by atoms with van der Waals surface area (Å²) in [5.41, 5.74) is 4.29. The molecule has 2 aliphatic heterocycles. The largest absolute Gasteiger partial charge is 2.00 e. The Labute approximate surface area is 416 Å². The molecule has 0 spiro atoms. The minimum atomic E-state index is -0.878. The second kappa shape index (κ2) is 23.6. The number of ether oxygens (including phenoxy) is 2. The van der Waals surface area contributed by atoms with E-state index in [2.05, 4.69) is 37.1 Å². The van der Waals surface area contributed by atoms with Gasteiger partial charge in [-0.15, -0.1) is 22.7 Å². The topological polar surface area (TPSA) is 166 Å². The fourth-order valence-corrected chi connectivity index (χ4v) is 8.91. The molecule has 18 heteroatoms. The Morgan fingerprint density at radius 3 is 1.64 bits per heavy atom. The minimum Gasteiger partial charge on any atom is -1.00 e. The van der Waals surface area contributed by atoms with E-state index in [9.17, 15) is 19.5 Å². The Bertz CT molecular complexity index is 2620. The van der Waals surface area contributed by atoms with E-state index in [1.165, 1.54) is 23.5 Å². The van der Waals surface area contributed by atoms with Crippen LogP contribution in [-0.4, -0.2) is 91.4 Å². The molecule has 0 fully saturated rings. The van der Waals surface area contributed by atoms with Crippen LogP contribution in [0.25, 0.3) is 33.0 Å². The van der Waals surface area contributed by atoms with E-state index in [-0.39, 0.29) is 77.3 Å². The standard InChI is InChI=1S/C23H22ClN3O3S.C22H18ClN3O3S.CH3.BrH.Mg/c1-23(2,29)20-7-6-19(31-20)14-10-15-11-17(30-22(15)18(24)12-14)13-25-21(28)8-5-16-4-3-9-26-27-16;1-13(27)19-5-6-20(30-19)14-9-15-10-17(29-22(15)18(23)11-14)12-24-21(28)7-4-16-3-2-8-25-26-16;;;/h3-10,12,17,29H,11,13H2,1-2H3,(H,25,28);2-9,11,17H,10,12H2,1H3,(H,24,28);1H3;1H;/q;;-1;;+2/p-1/b8-5+;7-4+;;;. The minimum absolute atomic E-state index is 0. The molecular formula is C46H43BrCl2MgN6O6S2. The van der Waals surface area contributed by atoms with Gasteiger partial charge in [-0.05, 0) is 117 Å². The molecule has 2 unspecified atom stereocenters. The van der Waals surface area contributed by atoms with Crippen LogP contribution in [0.3, 0.4) is 0 Å².